The zero-order chi connectivity index (χ0) is 12.2. The van der Waals surface area contributed by atoms with Gasteiger partial charge in [-0.2, -0.15) is 0 Å². The second-order valence-electron chi connectivity index (χ2n) is 3.27. The maximum Gasteiger partial charge on any atom is 0.322 e. The smallest absolute Gasteiger partial charge is 0.322 e. The Hall–Kier alpha value is -1.15. The Bertz CT molecular complexity index is 348. The van der Waals surface area contributed by atoms with Crippen molar-refractivity contribution in [2.24, 2.45) is 5.73 Å². The predicted octanol–water partition coefficient (Wildman–Crippen LogP) is -1.36. The number of primary amides is 1. The fraction of sp³-hybridized carbons (Fsp3) is 0.714. The van der Waals surface area contributed by atoms with Gasteiger partial charge >= 0.3 is 5.97 Å². The molecule has 0 saturated heterocycles. The van der Waals surface area contributed by atoms with Gasteiger partial charge in [-0.25, -0.2) is 13.1 Å². The molecule has 0 aliphatic rings. The number of aliphatic carboxylic acids is 1. The van der Waals surface area contributed by atoms with Gasteiger partial charge < -0.3 is 10.8 Å². The van der Waals surface area contributed by atoms with Crippen molar-refractivity contribution in [1.82, 2.24) is 4.72 Å². The van der Waals surface area contributed by atoms with Gasteiger partial charge in [0.1, 0.15) is 6.04 Å². The van der Waals surface area contributed by atoms with E-state index in [0.29, 0.717) is 0 Å². The second-order valence-corrected chi connectivity index (χ2v) is 5.54. The molecule has 0 rings (SSSR count). The van der Waals surface area contributed by atoms with E-state index >= 15 is 0 Å². The number of nitrogens with one attached hydrogen (secondary N) is 1. The van der Waals surface area contributed by atoms with E-state index in [2.05, 4.69) is 0 Å². The molecule has 1 amide bonds. The molecule has 0 spiro atoms. The maximum atomic E-state index is 11.3. The van der Waals surface area contributed by atoms with Gasteiger partial charge in [0.05, 0.1) is 11.7 Å². The van der Waals surface area contributed by atoms with Crippen LogP contribution in [0.1, 0.15) is 20.3 Å². The van der Waals surface area contributed by atoms with Gasteiger partial charge in [-0.1, -0.05) is 0 Å². The highest BCUT2D eigenvalue weighted by molar-refractivity contribution is 7.90. The maximum absolute atomic E-state index is 11.3. The molecular formula is C7H14N2O5S. The van der Waals surface area contributed by atoms with Crippen molar-refractivity contribution in [3.05, 3.63) is 0 Å². The van der Waals surface area contributed by atoms with E-state index in [-0.39, 0.29) is 0 Å². The molecule has 0 aromatic heterocycles. The SMILES string of the molecule is CC(C)S(=O)(=O)NC(CC(N)=O)C(=O)O. The van der Waals surface area contributed by atoms with Crippen LogP contribution in [-0.2, 0) is 19.6 Å². The highest BCUT2D eigenvalue weighted by Gasteiger charge is 2.27. The minimum absolute atomic E-state index is 0.568. The van der Waals surface area contributed by atoms with Gasteiger partial charge in [0.2, 0.25) is 15.9 Å². The molecular weight excluding hydrogens is 224 g/mol. The molecule has 1 atom stereocenters. The molecule has 0 aromatic rings. The summed E-state index contributed by atoms with van der Waals surface area (Å²) >= 11 is 0. The first-order valence-electron chi connectivity index (χ1n) is 4.19. The average Bonchev–Trinajstić information content (AvgIpc) is 2.01. The molecule has 0 aliphatic carbocycles. The van der Waals surface area contributed by atoms with Crippen LogP contribution in [0, 0.1) is 0 Å². The van der Waals surface area contributed by atoms with Crippen LogP contribution < -0.4 is 10.5 Å². The summed E-state index contributed by atoms with van der Waals surface area (Å²) in [5.74, 6) is -2.31. The zero-order valence-corrected chi connectivity index (χ0v) is 9.24. The monoisotopic (exact) mass is 238 g/mol. The molecule has 0 radical (unpaired) electrons. The lowest BCUT2D eigenvalue weighted by Gasteiger charge is -2.14. The van der Waals surface area contributed by atoms with Crippen molar-refractivity contribution in [2.45, 2.75) is 31.6 Å². The van der Waals surface area contributed by atoms with E-state index in [1.165, 1.54) is 13.8 Å². The van der Waals surface area contributed by atoms with Crippen molar-refractivity contribution >= 4 is 21.9 Å². The van der Waals surface area contributed by atoms with E-state index in [1.54, 1.807) is 0 Å². The van der Waals surface area contributed by atoms with E-state index in [1.807, 2.05) is 4.72 Å². The molecule has 0 aliphatic heterocycles. The van der Waals surface area contributed by atoms with Crippen molar-refractivity contribution < 1.29 is 23.1 Å². The van der Waals surface area contributed by atoms with Gasteiger partial charge in [0, 0.05) is 0 Å². The normalized spacial score (nSPS) is 13.8. The molecule has 4 N–H and O–H groups in total. The molecule has 7 nitrogen and oxygen atoms in total. The highest BCUT2D eigenvalue weighted by Crippen LogP contribution is 2.01. The number of nitrogens with two attached hydrogens (primary N) is 1. The van der Waals surface area contributed by atoms with Crippen LogP contribution in [0.3, 0.4) is 0 Å². The summed E-state index contributed by atoms with van der Waals surface area (Å²) in [6.45, 7) is 2.79. The largest absolute Gasteiger partial charge is 0.480 e. The van der Waals surface area contributed by atoms with Crippen LogP contribution in [0.15, 0.2) is 0 Å². The predicted molar refractivity (Wildman–Crippen MR) is 52.4 cm³/mol. The number of sulfonamides is 1. The lowest BCUT2D eigenvalue weighted by atomic mass is 10.2. The highest BCUT2D eigenvalue weighted by atomic mass is 32.2. The third kappa shape index (κ3) is 4.75. The number of hydrogen-bond donors (Lipinski definition) is 3. The van der Waals surface area contributed by atoms with Crippen LogP contribution in [0.4, 0.5) is 0 Å². The van der Waals surface area contributed by atoms with Crippen LogP contribution in [0.25, 0.3) is 0 Å². The Morgan fingerprint density at radius 1 is 1.40 bits per heavy atom. The van der Waals surface area contributed by atoms with E-state index in [9.17, 15) is 18.0 Å². The molecule has 8 heteroatoms. The molecule has 0 saturated carbocycles. The quantitative estimate of drug-likeness (QED) is 0.527. The first kappa shape index (κ1) is 13.8. The molecule has 1 unspecified atom stereocenters. The summed E-state index contributed by atoms with van der Waals surface area (Å²) in [6, 6.07) is -1.50. The topological polar surface area (TPSA) is 127 Å². The van der Waals surface area contributed by atoms with Gasteiger partial charge in [0.25, 0.3) is 0 Å². The van der Waals surface area contributed by atoms with Crippen molar-refractivity contribution in [1.29, 1.82) is 0 Å². The third-order valence-electron chi connectivity index (χ3n) is 1.63. The summed E-state index contributed by atoms with van der Waals surface area (Å²) in [4.78, 5) is 21.1. The van der Waals surface area contributed by atoms with Gasteiger partial charge in [-0.05, 0) is 13.8 Å². The molecule has 0 bridgehead atoms. The average molecular weight is 238 g/mol. The molecule has 88 valence electrons. The summed E-state index contributed by atoms with van der Waals surface area (Å²) in [6.07, 6.45) is -0.568. The van der Waals surface area contributed by atoms with E-state index in [4.69, 9.17) is 10.8 Å². The third-order valence-corrected chi connectivity index (χ3v) is 3.48. The molecule has 15 heavy (non-hydrogen) atoms. The van der Waals surface area contributed by atoms with Crippen LogP contribution in [0.2, 0.25) is 0 Å². The number of carbonyl (C=O) groups is 2. The Kier molecular flexibility index (Phi) is 4.69. The molecule has 0 heterocycles. The van der Waals surface area contributed by atoms with Crippen LogP contribution in [-0.4, -0.2) is 36.7 Å². The number of carbonyl (C=O) groups excluding carboxylic acids is 1. The van der Waals surface area contributed by atoms with Crippen LogP contribution in [0.5, 0.6) is 0 Å². The van der Waals surface area contributed by atoms with E-state index in [0.717, 1.165) is 0 Å². The zero-order valence-electron chi connectivity index (χ0n) is 8.43. The lowest BCUT2D eigenvalue weighted by Crippen LogP contribution is -2.45. The van der Waals surface area contributed by atoms with E-state index < -0.39 is 39.6 Å². The van der Waals surface area contributed by atoms with Crippen molar-refractivity contribution in [3.63, 3.8) is 0 Å². The first-order chi connectivity index (χ1) is 6.66. The lowest BCUT2D eigenvalue weighted by molar-refractivity contribution is -0.140. The Balaban J connectivity index is 4.70. The molecule has 0 fully saturated rings. The van der Waals surface area contributed by atoms with Crippen LogP contribution >= 0.6 is 0 Å². The number of rotatable bonds is 6. The number of carboxylic acids is 1. The summed E-state index contributed by atoms with van der Waals surface area (Å²) in [5.41, 5.74) is 4.79. The fourth-order valence-electron chi connectivity index (χ4n) is 0.715. The minimum atomic E-state index is -3.73. The second kappa shape index (κ2) is 5.08. The Morgan fingerprint density at radius 3 is 2.13 bits per heavy atom. The number of amides is 1. The Morgan fingerprint density at radius 2 is 1.87 bits per heavy atom. The summed E-state index contributed by atoms with van der Waals surface area (Å²) < 4.78 is 24.5. The van der Waals surface area contributed by atoms with Gasteiger partial charge in [-0.3, -0.25) is 9.59 Å². The first-order valence-corrected chi connectivity index (χ1v) is 5.73. The summed E-state index contributed by atoms with van der Waals surface area (Å²) in [7, 11) is -3.73. The number of hydrogen-bond acceptors (Lipinski definition) is 4. The Labute approximate surface area is 87.7 Å². The minimum Gasteiger partial charge on any atom is -0.480 e. The van der Waals surface area contributed by atoms with Crippen molar-refractivity contribution in [3.8, 4) is 0 Å². The van der Waals surface area contributed by atoms with Gasteiger partial charge in [-0.15, -0.1) is 0 Å². The standard InChI is InChI=1S/C7H14N2O5S/c1-4(2)15(13,14)9-5(7(11)12)3-6(8)10/h4-5,9H,3H2,1-2H3,(H2,8,10)(H,11,12). The fourth-order valence-corrected chi connectivity index (χ4v) is 1.57. The summed E-state index contributed by atoms with van der Waals surface area (Å²) in [5, 5.41) is 7.86. The van der Waals surface area contributed by atoms with Crippen molar-refractivity contribution in [2.75, 3.05) is 0 Å². The molecule has 0 aromatic carbocycles. The van der Waals surface area contributed by atoms with Gasteiger partial charge in [0.15, 0.2) is 0 Å². The number of carboxylic acid groups (broad SMARTS) is 1.